The van der Waals surface area contributed by atoms with Gasteiger partial charge in [0, 0.05) is 13.1 Å². The number of aliphatic hydroxyl groups excluding tert-OH is 2. The molecule has 1 rings (SSSR count). The summed E-state index contributed by atoms with van der Waals surface area (Å²) in [5.41, 5.74) is 0.561. The zero-order valence-corrected chi connectivity index (χ0v) is 12.8. The van der Waals surface area contributed by atoms with Gasteiger partial charge in [-0.15, -0.1) is 0 Å². The van der Waals surface area contributed by atoms with Gasteiger partial charge in [0.1, 0.15) is 0 Å². The normalized spacial score (nSPS) is 13.7. The fourth-order valence-corrected chi connectivity index (χ4v) is 3.41. The van der Waals surface area contributed by atoms with E-state index in [0.717, 1.165) is 12.8 Å². The van der Waals surface area contributed by atoms with Crippen LogP contribution in [0.15, 0.2) is 29.2 Å². The summed E-state index contributed by atoms with van der Waals surface area (Å²) in [5, 5.41) is 18.6. The van der Waals surface area contributed by atoms with Crippen LogP contribution in [0, 0.1) is 0 Å². The van der Waals surface area contributed by atoms with Crippen molar-refractivity contribution in [2.24, 2.45) is 0 Å². The van der Waals surface area contributed by atoms with Gasteiger partial charge in [0.05, 0.1) is 17.6 Å². The Balaban J connectivity index is 3.08. The molecule has 0 fully saturated rings. The SMILES string of the molecule is CCCCN(CCO)S(=O)(=O)c1cccc(C(C)O)c1. The summed E-state index contributed by atoms with van der Waals surface area (Å²) in [4.78, 5) is 0.153. The lowest BCUT2D eigenvalue weighted by Crippen LogP contribution is -2.34. The van der Waals surface area contributed by atoms with Crippen LogP contribution in [0.5, 0.6) is 0 Å². The number of aliphatic hydroxyl groups is 2. The Hall–Kier alpha value is -0.950. The van der Waals surface area contributed by atoms with Crippen molar-refractivity contribution in [2.45, 2.75) is 37.7 Å². The van der Waals surface area contributed by atoms with E-state index in [0.29, 0.717) is 12.1 Å². The maximum atomic E-state index is 12.5. The van der Waals surface area contributed by atoms with E-state index in [-0.39, 0.29) is 18.0 Å². The molecule has 1 aromatic rings. The van der Waals surface area contributed by atoms with Crippen molar-refractivity contribution >= 4 is 10.0 Å². The van der Waals surface area contributed by atoms with Gasteiger partial charge in [0.25, 0.3) is 0 Å². The van der Waals surface area contributed by atoms with Crippen LogP contribution in [0.4, 0.5) is 0 Å². The molecule has 0 heterocycles. The van der Waals surface area contributed by atoms with Crippen LogP contribution in [0.3, 0.4) is 0 Å². The van der Waals surface area contributed by atoms with Gasteiger partial charge in [-0.1, -0.05) is 25.5 Å². The van der Waals surface area contributed by atoms with Gasteiger partial charge in [-0.2, -0.15) is 4.31 Å². The standard InChI is InChI=1S/C14H23NO4S/c1-3-4-8-15(9-10-16)20(18,19)14-7-5-6-13(11-14)12(2)17/h5-7,11-12,16-17H,3-4,8-10H2,1-2H3. The van der Waals surface area contributed by atoms with Crippen LogP contribution in [0.2, 0.25) is 0 Å². The number of hydrogen-bond donors (Lipinski definition) is 2. The molecule has 5 nitrogen and oxygen atoms in total. The average molecular weight is 301 g/mol. The van der Waals surface area contributed by atoms with Crippen LogP contribution in [0.1, 0.15) is 38.4 Å². The monoisotopic (exact) mass is 301 g/mol. The molecule has 1 atom stereocenters. The Morgan fingerprint density at radius 3 is 2.55 bits per heavy atom. The lowest BCUT2D eigenvalue weighted by molar-refractivity contribution is 0.199. The number of hydrogen-bond acceptors (Lipinski definition) is 4. The maximum Gasteiger partial charge on any atom is 0.243 e. The highest BCUT2D eigenvalue weighted by atomic mass is 32.2. The van der Waals surface area contributed by atoms with E-state index < -0.39 is 16.1 Å². The summed E-state index contributed by atoms with van der Waals surface area (Å²) in [6.07, 6.45) is 0.910. The maximum absolute atomic E-state index is 12.5. The third-order valence-electron chi connectivity index (χ3n) is 3.09. The Labute approximate surface area is 120 Å². The highest BCUT2D eigenvalue weighted by Gasteiger charge is 2.24. The van der Waals surface area contributed by atoms with Gasteiger partial charge in [-0.05, 0) is 31.0 Å². The first-order valence-corrected chi connectivity index (χ1v) is 8.26. The third kappa shape index (κ3) is 4.28. The molecule has 0 saturated heterocycles. The summed E-state index contributed by atoms with van der Waals surface area (Å²) in [7, 11) is -3.63. The second-order valence-electron chi connectivity index (χ2n) is 4.73. The van der Waals surface area contributed by atoms with E-state index in [1.165, 1.54) is 16.4 Å². The molecule has 0 spiro atoms. The Morgan fingerprint density at radius 1 is 1.30 bits per heavy atom. The number of rotatable bonds is 8. The van der Waals surface area contributed by atoms with Crippen molar-refractivity contribution in [1.82, 2.24) is 4.31 Å². The average Bonchev–Trinajstić information content (AvgIpc) is 2.43. The van der Waals surface area contributed by atoms with Crippen LogP contribution < -0.4 is 0 Å². The number of nitrogens with zero attached hydrogens (tertiary/aromatic N) is 1. The number of unbranched alkanes of at least 4 members (excludes halogenated alkanes) is 1. The summed E-state index contributed by atoms with van der Waals surface area (Å²) >= 11 is 0. The summed E-state index contributed by atoms with van der Waals surface area (Å²) in [6, 6.07) is 6.30. The molecule has 0 aromatic heterocycles. The van der Waals surface area contributed by atoms with Crippen molar-refractivity contribution in [3.8, 4) is 0 Å². The topological polar surface area (TPSA) is 77.8 Å². The molecule has 1 aromatic carbocycles. The zero-order valence-electron chi connectivity index (χ0n) is 12.0. The molecule has 0 radical (unpaired) electrons. The zero-order chi connectivity index (χ0) is 15.2. The minimum absolute atomic E-state index is 0.0846. The van der Waals surface area contributed by atoms with E-state index in [2.05, 4.69) is 0 Å². The first-order chi connectivity index (χ1) is 9.43. The molecule has 0 amide bonds. The first kappa shape index (κ1) is 17.1. The molecule has 1 unspecified atom stereocenters. The molecule has 6 heteroatoms. The lowest BCUT2D eigenvalue weighted by Gasteiger charge is -2.21. The fraction of sp³-hybridized carbons (Fsp3) is 0.571. The molecular formula is C14H23NO4S. The highest BCUT2D eigenvalue weighted by Crippen LogP contribution is 2.20. The minimum atomic E-state index is -3.63. The third-order valence-corrected chi connectivity index (χ3v) is 4.98. The van der Waals surface area contributed by atoms with E-state index in [1.807, 2.05) is 6.92 Å². The summed E-state index contributed by atoms with van der Waals surface area (Å²) in [5.74, 6) is 0. The van der Waals surface area contributed by atoms with Gasteiger partial charge in [-0.3, -0.25) is 0 Å². The Bertz CT molecular complexity index is 514. The van der Waals surface area contributed by atoms with Crippen molar-refractivity contribution in [1.29, 1.82) is 0 Å². The molecule has 20 heavy (non-hydrogen) atoms. The van der Waals surface area contributed by atoms with Crippen LogP contribution >= 0.6 is 0 Å². The van der Waals surface area contributed by atoms with E-state index >= 15 is 0 Å². The highest BCUT2D eigenvalue weighted by molar-refractivity contribution is 7.89. The quantitative estimate of drug-likeness (QED) is 0.763. The molecule has 0 aliphatic rings. The second kappa shape index (κ2) is 7.73. The molecular weight excluding hydrogens is 278 g/mol. The van der Waals surface area contributed by atoms with Crippen LogP contribution in [-0.2, 0) is 10.0 Å². The molecule has 0 aliphatic heterocycles. The predicted molar refractivity (Wildman–Crippen MR) is 77.8 cm³/mol. The van der Waals surface area contributed by atoms with Gasteiger partial charge in [0.2, 0.25) is 10.0 Å². The Kier molecular flexibility index (Phi) is 6.61. The number of sulfonamides is 1. The molecule has 2 N–H and O–H groups in total. The van der Waals surface area contributed by atoms with Crippen molar-refractivity contribution in [3.05, 3.63) is 29.8 Å². The van der Waals surface area contributed by atoms with Crippen molar-refractivity contribution in [2.75, 3.05) is 19.7 Å². The Morgan fingerprint density at radius 2 is 2.00 bits per heavy atom. The molecule has 0 aliphatic carbocycles. The first-order valence-electron chi connectivity index (χ1n) is 6.82. The fourth-order valence-electron chi connectivity index (χ4n) is 1.88. The van der Waals surface area contributed by atoms with Gasteiger partial charge < -0.3 is 10.2 Å². The minimum Gasteiger partial charge on any atom is -0.395 e. The van der Waals surface area contributed by atoms with E-state index in [9.17, 15) is 13.5 Å². The van der Waals surface area contributed by atoms with E-state index in [1.54, 1.807) is 19.1 Å². The predicted octanol–water partition coefficient (Wildman–Crippen LogP) is 1.52. The number of benzene rings is 1. The van der Waals surface area contributed by atoms with Crippen LogP contribution in [0.25, 0.3) is 0 Å². The largest absolute Gasteiger partial charge is 0.395 e. The van der Waals surface area contributed by atoms with Gasteiger partial charge in [-0.25, -0.2) is 8.42 Å². The molecule has 0 saturated carbocycles. The smallest absolute Gasteiger partial charge is 0.243 e. The molecule has 0 bridgehead atoms. The summed E-state index contributed by atoms with van der Waals surface area (Å²) in [6.45, 7) is 3.84. The van der Waals surface area contributed by atoms with Crippen LogP contribution in [-0.4, -0.2) is 42.6 Å². The van der Waals surface area contributed by atoms with E-state index in [4.69, 9.17) is 5.11 Å². The van der Waals surface area contributed by atoms with Crippen molar-refractivity contribution < 1.29 is 18.6 Å². The second-order valence-corrected chi connectivity index (χ2v) is 6.67. The molecule has 114 valence electrons. The van der Waals surface area contributed by atoms with Gasteiger partial charge in [0.15, 0.2) is 0 Å². The van der Waals surface area contributed by atoms with Gasteiger partial charge >= 0.3 is 0 Å². The van der Waals surface area contributed by atoms with Crippen molar-refractivity contribution in [3.63, 3.8) is 0 Å². The lowest BCUT2D eigenvalue weighted by atomic mass is 10.1. The summed E-state index contributed by atoms with van der Waals surface area (Å²) < 4.78 is 26.4.